The molecule has 20 heavy (non-hydrogen) atoms. The van der Waals surface area contributed by atoms with Gasteiger partial charge in [-0.1, -0.05) is 26.0 Å². The van der Waals surface area contributed by atoms with Crippen molar-refractivity contribution in [2.24, 2.45) is 5.92 Å². The second kappa shape index (κ2) is 7.51. The highest BCUT2D eigenvalue weighted by Crippen LogP contribution is 2.13. The quantitative estimate of drug-likeness (QED) is 0.742. The van der Waals surface area contributed by atoms with Crippen LogP contribution < -0.4 is 5.32 Å². The molecule has 1 aromatic rings. The first-order valence-electron chi connectivity index (χ1n) is 6.59. The largest absolute Gasteiger partial charge is 0.465 e. The average Bonchev–Trinajstić information content (AvgIpc) is 2.37. The summed E-state index contributed by atoms with van der Waals surface area (Å²) in [6.45, 7) is 3.95. The molecule has 0 unspecified atom stereocenters. The Hall–Kier alpha value is -2.06. The Labute approximate surface area is 118 Å². The van der Waals surface area contributed by atoms with Crippen molar-refractivity contribution in [1.82, 2.24) is 5.32 Å². The number of nitriles is 1. The van der Waals surface area contributed by atoms with Crippen LogP contribution in [0.15, 0.2) is 24.3 Å². The first-order chi connectivity index (χ1) is 9.42. The van der Waals surface area contributed by atoms with Crippen LogP contribution in [0.5, 0.6) is 0 Å². The zero-order valence-electron chi connectivity index (χ0n) is 11.7. The molecule has 0 bridgehead atoms. The van der Waals surface area contributed by atoms with Gasteiger partial charge in [0.25, 0.3) is 0 Å². The molecule has 0 saturated heterocycles. The molecule has 0 radical (unpaired) electrons. The molecule has 1 rings (SSSR count). The van der Waals surface area contributed by atoms with E-state index in [1.807, 2.05) is 19.9 Å². The lowest BCUT2D eigenvalue weighted by Crippen LogP contribution is -2.44. The van der Waals surface area contributed by atoms with E-state index >= 15 is 0 Å². The second-order valence-corrected chi connectivity index (χ2v) is 5.27. The summed E-state index contributed by atoms with van der Waals surface area (Å²) in [5.74, 6) is 0.282. The number of nitrogens with one attached hydrogen (secondary N) is 1. The molecule has 0 aliphatic carbocycles. The van der Waals surface area contributed by atoms with E-state index in [1.165, 1.54) is 0 Å². The number of carboxylic acid groups (broad SMARTS) is 1. The SMILES string of the molecule is CC(C)C[C@H](O)[C@@H](Cc1ccc(C#N)cc1)NC(=O)O. The summed E-state index contributed by atoms with van der Waals surface area (Å²) >= 11 is 0. The smallest absolute Gasteiger partial charge is 0.404 e. The molecule has 3 N–H and O–H groups in total. The fourth-order valence-electron chi connectivity index (χ4n) is 2.06. The van der Waals surface area contributed by atoms with Gasteiger partial charge in [-0.2, -0.15) is 5.26 Å². The monoisotopic (exact) mass is 276 g/mol. The van der Waals surface area contributed by atoms with Crippen molar-refractivity contribution < 1.29 is 15.0 Å². The molecular weight excluding hydrogens is 256 g/mol. The summed E-state index contributed by atoms with van der Waals surface area (Å²) in [6.07, 6.45) is -0.958. The Morgan fingerprint density at radius 1 is 1.35 bits per heavy atom. The molecule has 0 saturated carbocycles. The lowest BCUT2D eigenvalue weighted by Gasteiger charge is -2.24. The van der Waals surface area contributed by atoms with Gasteiger partial charge in [-0.15, -0.1) is 0 Å². The van der Waals surface area contributed by atoms with Crippen LogP contribution in [-0.4, -0.2) is 28.5 Å². The van der Waals surface area contributed by atoms with Crippen molar-refractivity contribution in [3.8, 4) is 6.07 Å². The molecule has 5 heteroatoms. The van der Waals surface area contributed by atoms with Gasteiger partial charge in [0.1, 0.15) is 0 Å². The lowest BCUT2D eigenvalue weighted by atomic mass is 9.95. The molecule has 0 aromatic heterocycles. The molecule has 0 spiro atoms. The van der Waals surface area contributed by atoms with E-state index in [4.69, 9.17) is 10.4 Å². The van der Waals surface area contributed by atoms with E-state index in [9.17, 15) is 9.90 Å². The summed E-state index contributed by atoms with van der Waals surface area (Å²) in [4.78, 5) is 10.8. The molecule has 2 atom stereocenters. The fraction of sp³-hybridized carbons (Fsp3) is 0.467. The van der Waals surface area contributed by atoms with Crippen LogP contribution in [0, 0.1) is 17.2 Å². The maximum atomic E-state index is 10.8. The van der Waals surface area contributed by atoms with E-state index in [2.05, 4.69) is 5.32 Å². The van der Waals surface area contributed by atoms with Gasteiger partial charge in [0.15, 0.2) is 0 Å². The van der Waals surface area contributed by atoms with Crippen molar-refractivity contribution in [3.63, 3.8) is 0 Å². The normalized spacial score (nSPS) is 13.6. The minimum atomic E-state index is -1.15. The second-order valence-electron chi connectivity index (χ2n) is 5.27. The number of benzene rings is 1. The maximum absolute atomic E-state index is 10.8. The summed E-state index contributed by atoms with van der Waals surface area (Å²) < 4.78 is 0. The first-order valence-corrected chi connectivity index (χ1v) is 6.59. The van der Waals surface area contributed by atoms with Crippen LogP contribution in [0.4, 0.5) is 4.79 Å². The van der Waals surface area contributed by atoms with Crippen LogP contribution in [0.25, 0.3) is 0 Å². The number of nitrogens with zero attached hydrogens (tertiary/aromatic N) is 1. The van der Waals surface area contributed by atoms with Crippen molar-refractivity contribution in [1.29, 1.82) is 5.26 Å². The number of hydrogen-bond donors (Lipinski definition) is 3. The predicted molar refractivity (Wildman–Crippen MR) is 75.3 cm³/mol. The first kappa shape index (κ1) is 16.0. The van der Waals surface area contributed by atoms with Gasteiger partial charge in [-0.05, 0) is 36.5 Å². The van der Waals surface area contributed by atoms with E-state index in [1.54, 1.807) is 24.3 Å². The molecule has 1 amide bonds. The van der Waals surface area contributed by atoms with Crippen molar-refractivity contribution in [2.45, 2.75) is 38.8 Å². The van der Waals surface area contributed by atoms with Crippen molar-refractivity contribution >= 4 is 6.09 Å². The van der Waals surface area contributed by atoms with E-state index in [0.717, 1.165) is 5.56 Å². The zero-order chi connectivity index (χ0) is 15.1. The van der Waals surface area contributed by atoms with Crippen LogP contribution in [-0.2, 0) is 6.42 Å². The van der Waals surface area contributed by atoms with E-state index in [0.29, 0.717) is 18.4 Å². The highest BCUT2D eigenvalue weighted by atomic mass is 16.4. The standard InChI is InChI=1S/C15H20N2O3/c1-10(2)7-14(18)13(17-15(19)20)8-11-3-5-12(9-16)6-4-11/h3-6,10,13-14,17-18H,7-8H2,1-2H3,(H,19,20)/t13-,14+/m1/s1. The third kappa shape index (κ3) is 5.29. The zero-order valence-corrected chi connectivity index (χ0v) is 11.7. The molecule has 0 aliphatic heterocycles. The predicted octanol–water partition coefficient (Wildman–Crippen LogP) is 2.14. The van der Waals surface area contributed by atoms with E-state index in [-0.39, 0.29) is 5.92 Å². The molecule has 0 fully saturated rings. The average molecular weight is 276 g/mol. The number of aliphatic hydroxyl groups excluding tert-OH is 1. The summed E-state index contributed by atoms with van der Waals surface area (Å²) in [5, 5.41) is 30.1. The summed E-state index contributed by atoms with van der Waals surface area (Å²) in [6, 6.07) is 8.39. The van der Waals surface area contributed by atoms with Gasteiger partial charge >= 0.3 is 6.09 Å². The lowest BCUT2D eigenvalue weighted by molar-refractivity contribution is 0.101. The van der Waals surface area contributed by atoms with Crippen LogP contribution in [0.1, 0.15) is 31.4 Å². The Kier molecular flexibility index (Phi) is 6.01. The minimum absolute atomic E-state index is 0.282. The Bertz CT molecular complexity index is 477. The van der Waals surface area contributed by atoms with Gasteiger partial charge in [0, 0.05) is 0 Å². The van der Waals surface area contributed by atoms with Crippen LogP contribution >= 0.6 is 0 Å². The third-order valence-electron chi connectivity index (χ3n) is 3.02. The number of aliphatic hydroxyl groups is 1. The van der Waals surface area contributed by atoms with Gasteiger partial charge < -0.3 is 15.5 Å². The number of hydrogen-bond acceptors (Lipinski definition) is 3. The highest BCUT2D eigenvalue weighted by molar-refractivity contribution is 5.65. The van der Waals surface area contributed by atoms with Crippen molar-refractivity contribution in [3.05, 3.63) is 35.4 Å². The molecule has 0 heterocycles. The maximum Gasteiger partial charge on any atom is 0.404 e. The Morgan fingerprint density at radius 3 is 2.40 bits per heavy atom. The van der Waals surface area contributed by atoms with Gasteiger partial charge in [-0.25, -0.2) is 4.79 Å². The number of rotatable bonds is 6. The van der Waals surface area contributed by atoms with Gasteiger partial charge in [0.05, 0.1) is 23.8 Å². The fourth-order valence-corrected chi connectivity index (χ4v) is 2.06. The molecule has 0 aliphatic rings. The van der Waals surface area contributed by atoms with Crippen LogP contribution in [0.3, 0.4) is 0 Å². The van der Waals surface area contributed by atoms with Crippen LogP contribution in [0.2, 0.25) is 0 Å². The van der Waals surface area contributed by atoms with Gasteiger partial charge in [0.2, 0.25) is 0 Å². The Morgan fingerprint density at radius 2 is 1.95 bits per heavy atom. The molecule has 1 aromatic carbocycles. The molecule has 108 valence electrons. The number of amides is 1. The molecule has 5 nitrogen and oxygen atoms in total. The number of carbonyl (C=O) groups is 1. The molecular formula is C15H20N2O3. The minimum Gasteiger partial charge on any atom is -0.465 e. The summed E-state index contributed by atoms with van der Waals surface area (Å²) in [5.41, 5.74) is 1.43. The van der Waals surface area contributed by atoms with Gasteiger partial charge in [-0.3, -0.25) is 0 Å². The summed E-state index contributed by atoms with van der Waals surface area (Å²) in [7, 11) is 0. The third-order valence-corrected chi connectivity index (χ3v) is 3.02. The van der Waals surface area contributed by atoms with E-state index < -0.39 is 18.2 Å². The Balaban J connectivity index is 2.77. The topological polar surface area (TPSA) is 93.4 Å². The van der Waals surface area contributed by atoms with Crippen molar-refractivity contribution in [2.75, 3.05) is 0 Å². The highest BCUT2D eigenvalue weighted by Gasteiger charge is 2.22.